The predicted octanol–water partition coefficient (Wildman–Crippen LogP) is 1.95. The number of fused-ring (bicyclic) bond motifs is 1. The van der Waals surface area contributed by atoms with Gasteiger partial charge in [0.15, 0.2) is 0 Å². The monoisotopic (exact) mass is 282 g/mol. The number of rotatable bonds is 6. The Morgan fingerprint density at radius 3 is 2.89 bits per heavy atom. The molecule has 0 aliphatic carbocycles. The van der Waals surface area contributed by atoms with E-state index in [0.29, 0.717) is 18.4 Å². The van der Waals surface area contributed by atoms with Crippen molar-refractivity contribution in [2.75, 3.05) is 19.1 Å². The number of aryl methyl sites for hydroxylation is 1. The summed E-state index contributed by atoms with van der Waals surface area (Å²) in [5.74, 6) is 6.29. The molecular formula is C12H18N4O2S. The molecule has 0 fully saturated rings. The molecule has 0 aliphatic rings. The van der Waals surface area contributed by atoms with E-state index in [1.54, 1.807) is 18.4 Å². The van der Waals surface area contributed by atoms with Crippen molar-refractivity contribution < 1.29 is 9.47 Å². The van der Waals surface area contributed by atoms with Crippen molar-refractivity contribution in [2.45, 2.75) is 26.4 Å². The third-order valence-electron chi connectivity index (χ3n) is 2.60. The van der Waals surface area contributed by atoms with Crippen LogP contribution in [0.4, 0.5) is 5.95 Å². The van der Waals surface area contributed by atoms with Gasteiger partial charge in [-0.25, -0.2) is 10.8 Å². The van der Waals surface area contributed by atoms with Crippen molar-refractivity contribution in [1.29, 1.82) is 0 Å². The van der Waals surface area contributed by atoms with E-state index >= 15 is 0 Å². The van der Waals surface area contributed by atoms with E-state index in [9.17, 15) is 0 Å². The first-order chi connectivity index (χ1) is 9.17. The van der Waals surface area contributed by atoms with Crippen LogP contribution in [-0.2, 0) is 11.2 Å². The van der Waals surface area contributed by atoms with Gasteiger partial charge in [-0.15, -0.1) is 11.3 Å². The van der Waals surface area contributed by atoms with Gasteiger partial charge in [0.1, 0.15) is 10.9 Å². The Balaban J connectivity index is 2.41. The summed E-state index contributed by atoms with van der Waals surface area (Å²) in [5, 5.41) is 0.920. The normalized spacial score (nSPS) is 12.6. The van der Waals surface area contributed by atoms with Crippen LogP contribution in [0.2, 0.25) is 0 Å². The molecule has 104 valence electrons. The molecule has 6 nitrogen and oxygen atoms in total. The lowest BCUT2D eigenvalue weighted by molar-refractivity contribution is 0.0901. The zero-order chi connectivity index (χ0) is 13.8. The molecule has 0 bridgehead atoms. The highest BCUT2D eigenvalue weighted by Gasteiger charge is 2.14. The van der Waals surface area contributed by atoms with Crippen molar-refractivity contribution in [1.82, 2.24) is 9.97 Å². The van der Waals surface area contributed by atoms with E-state index in [1.807, 2.05) is 6.92 Å². The molecule has 1 unspecified atom stereocenters. The molecule has 3 N–H and O–H groups in total. The number of hydrazine groups is 1. The van der Waals surface area contributed by atoms with Gasteiger partial charge in [-0.3, -0.25) is 5.43 Å². The van der Waals surface area contributed by atoms with Crippen molar-refractivity contribution >= 4 is 27.5 Å². The molecular weight excluding hydrogens is 264 g/mol. The number of hydrogen-bond donors (Lipinski definition) is 2. The molecule has 0 spiro atoms. The maximum absolute atomic E-state index is 5.80. The number of ether oxygens (including phenoxy) is 2. The van der Waals surface area contributed by atoms with E-state index in [4.69, 9.17) is 15.3 Å². The Labute approximate surface area is 115 Å². The van der Waals surface area contributed by atoms with Crippen molar-refractivity contribution in [2.24, 2.45) is 5.84 Å². The zero-order valence-corrected chi connectivity index (χ0v) is 12.1. The highest BCUT2D eigenvalue weighted by molar-refractivity contribution is 7.18. The summed E-state index contributed by atoms with van der Waals surface area (Å²) in [6.45, 7) is 4.54. The number of nitrogens with zero attached hydrogens (tertiary/aromatic N) is 2. The molecule has 0 saturated carbocycles. The van der Waals surface area contributed by atoms with E-state index < -0.39 is 0 Å². The zero-order valence-electron chi connectivity index (χ0n) is 11.3. The van der Waals surface area contributed by atoms with Gasteiger partial charge in [-0.1, -0.05) is 6.92 Å². The Hall–Kier alpha value is -1.44. The summed E-state index contributed by atoms with van der Waals surface area (Å²) >= 11 is 1.62. The minimum atomic E-state index is -0.0845. The SMILES string of the molecule is CCc1cc2c(OC(C)COC)nc(NN)nc2s1. The molecule has 0 aliphatic heterocycles. The third-order valence-corrected chi connectivity index (χ3v) is 3.77. The van der Waals surface area contributed by atoms with Gasteiger partial charge < -0.3 is 9.47 Å². The third kappa shape index (κ3) is 3.12. The van der Waals surface area contributed by atoms with Crippen LogP contribution >= 0.6 is 11.3 Å². The summed E-state index contributed by atoms with van der Waals surface area (Å²) in [5.41, 5.74) is 2.47. The molecule has 1 atom stereocenters. The molecule has 0 aromatic carbocycles. The largest absolute Gasteiger partial charge is 0.472 e. The Kier molecular flexibility index (Phi) is 4.52. The fourth-order valence-electron chi connectivity index (χ4n) is 1.73. The van der Waals surface area contributed by atoms with Crippen LogP contribution < -0.4 is 16.0 Å². The second-order valence-corrected chi connectivity index (χ2v) is 5.28. The fraction of sp³-hybridized carbons (Fsp3) is 0.500. The van der Waals surface area contributed by atoms with Crippen molar-refractivity contribution in [3.05, 3.63) is 10.9 Å². The van der Waals surface area contributed by atoms with Gasteiger partial charge in [0.05, 0.1) is 12.0 Å². The van der Waals surface area contributed by atoms with E-state index in [-0.39, 0.29) is 6.10 Å². The van der Waals surface area contributed by atoms with Crippen molar-refractivity contribution in [3.63, 3.8) is 0 Å². The standard InChI is InChI=1S/C12H18N4O2S/c1-4-8-5-9-10(18-7(2)6-17-3)14-12(16-13)15-11(9)19-8/h5,7H,4,6,13H2,1-3H3,(H,14,15,16). The quantitative estimate of drug-likeness (QED) is 0.622. The number of nitrogens with two attached hydrogens (primary N) is 1. The first-order valence-corrected chi connectivity index (χ1v) is 6.92. The number of nitrogens with one attached hydrogen (secondary N) is 1. The lowest BCUT2D eigenvalue weighted by atomic mass is 10.3. The summed E-state index contributed by atoms with van der Waals surface area (Å²) in [7, 11) is 1.64. The van der Waals surface area contributed by atoms with Crippen LogP contribution in [0.3, 0.4) is 0 Å². The smallest absolute Gasteiger partial charge is 0.241 e. The van der Waals surface area contributed by atoms with Crippen LogP contribution in [0.1, 0.15) is 18.7 Å². The lowest BCUT2D eigenvalue weighted by Crippen LogP contribution is -2.19. The fourth-order valence-corrected chi connectivity index (χ4v) is 2.69. The number of hydrogen-bond acceptors (Lipinski definition) is 7. The van der Waals surface area contributed by atoms with E-state index in [0.717, 1.165) is 16.6 Å². The van der Waals surface area contributed by atoms with Gasteiger partial charge in [-0.2, -0.15) is 4.98 Å². The van der Waals surface area contributed by atoms with Crippen LogP contribution in [0.15, 0.2) is 6.07 Å². The first-order valence-electron chi connectivity index (χ1n) is 6.10. The minimum absolute atomic E-state index is 0.0845. The van der Waals surface area contributed by atoms with Crippen LogP contribution in [0, 0.1) is 0 Å². The summed E-state index contributed by atoms with van der Waals surface area (Å²) in [6.07, 6.45) is 0.873. The summed E-state index contributed by atoms with van der Waals surface area (Å²) < 4.78 is 10.9. The van der Waals surface area contributed by atoms with Crippen LogP contribution in [0.25, 0.3) is 10.2 Å². The molecule has 2 aromatic heterocycles. The number of nitrogen functional groups attached to an aromatic ring is 1. The molecule has 0 radical (unpaired) electrons. The predicted molar refractivity (Wildman–Crippen MR) is 76.6 cm³/mol. The number of thiophene rings is 1. The van der Waals surface area contributed by atoms with Gasteiger partial charge >= 0.3 is 0 Å². The first kappa shape index (κ1) is 14.0. The van der Waals surface area contributed by atoms with Crippen LogP contribution in [-0.4, -0.2) is 29.8 Å². The maximum Gasteiger partial charge on any atom is 0.241 e. The van der Waals surface area contributed by atoms with Gasteiger partial charge in [0.2, 0.25) is 11.8 Å². The van der Waals surface area contributed by atoms with Gasteiger partial charge in [0, 0.05) is 12.0 Å². The van der Waals surface area contributed by atoms with Crippen molar-refractivity contribution in [3.8, 4) is 5.88 Å². The minimum Gasteiger partial charge on any atom is -0.472 e. The number of aromatic nitrogens is 2. The molecule has 0 saturated heterocycles. The average Bonchev–Trinajstić information content (AvgIpc) is 2.82. The van der Waals surface area contributed by atoms with E-state index in [1.165, 1.54) is 4.88 Å². The van der Waals surface area contributed by atoms with E-state index in [2.05, 4.69) is 28.4 Å². The summed E-state index contributed by atoms with van der Waals surface area (Å²) in [4.78, 5) is 10.7. The second-order valence-electron chi connectivity index (χ2n) is 4.17. The number of anilines is 1. The molecule has 19 heavy (non-hydrogen) atoms. The van der Waals surface area contributed by atoms with Crippen LogP contribution in [0.5, 0.6) is 5.88 Å². The Bertz CT molecular complexity index is 558. The topological polar surface area (TPSA) is 82.3 Å². The maximum atomic E-state index is 5.80. The summed E-state index contributed by atoms with van der Waals surface area (Å²) in [6, 6.07) is 2.06. The average molecular weight is 282 g/mol. The molecule has 2 rings (SSSR count). The molecule has 2 heterocycles. The molecule has 0 amide bonds. The Morgan fingerprint density at radius 1 is 1.47 bits per heavy atom. The highest BCUT2D eigenvalue weighted by Crippen LogP contribution is 2.32. The molecule has 7 heteroatoms. The Morgan fingerprint density at radius 2 is 2.26 bits per heavy atom. The highest BCUT2D eigenvalue weighted by atomic mass is 32.1. The number of methoxy groups -OCH3 is 1. The lowest BCUT2D eigenvalue weighted by Gasteiger charge is -2.13. The van der Waals surface area contributed by atoms with Gasteiger partial charge in [0.25, 0.3) is 0 Å². The molecule has 2 aromatic rings. The van der Waals surface area contributed by atoms with Gasteiger partial charge in [-0.05, 0) is 19.4 Å². The second kappa shape index (κ2) is 6.14.